The highest BCUT2D eigenvalue weighted by Gasteiger charge is 2.17. The lowest BCUT2D eigenvalue weighted by Crippen LogP contribution is -2.06. The Hall–Kier alpha value is -1.58. The molecule has 3 rings (SSSR count). The van der Waals surface area contributed by atoms with Crippen molar-refractivity contribution in [3.63, 3.8) is 0 Å². The molecule has 3 nitrogen and oxygen atoms in total. The van der Waals surface area contributed by atoms with Crippen molar-refractivity contribution in [2.45, 2.75) is 25.8 Å². The van der Waals surface area contributed by atoms with Gasteiger partial charge < -0.3 is 4.57 Å². The molecule has 0 spiro atoms. The van der Waals surface area contributed by atoms with Crippen molar-refractivity contribution >= 4 is 34.4 Å². The van der Waals surface area contributed by atoms with Gasteiger partial charge in [0.25, 0.3) is 0 Å². The summed E-state index contributed by atoms with van der Waals surface area (Å²) in [6, 6.07) is 9.76. The molecule has 0 saturated heterocycles. The number of rotatable bonds is 3. The molecule has 108 valence electrons. The Kier molecular flexibility index (Phi) is 3.87. The largest absolute Gasteiger partial charge is 0.307 e. The minimum atomic E-state index is -0.183. The second kappa shape index (κ2) is 5.66. The molecule has 2 aromatic heterocycles. The molecule has 5 heteroatoms. The highest BCUT2D eigenvalue weighted by molar-refractivity contribution is 6.30. The number of aryl methyl sites for hydroxylation is 1. The van der Waals surface area contributed by atoms with E-state index in [9.17, 15) is 0 Å². The number of imidazole rings is 1. The number of nitrogens with zero attached hydrogens (tertiary/aromatic N) is 3. The molecule has 0 amide bonds. The fourth-order valence-corrected chi connectivity index (χ4v) is 2.81. The Morgan fingerprint density at radius 2 is 2.10 bits per heavy atom. The maximum absolute atomic E-state index is 6.29. The van der Waals surface area contributed by atoms with E-state index in [-0.39, 0.29) is 5.38 Å². The molecule has 0 N–H and O–H groups in total. The van der Waals surface area contributed by atoms with Gasteiger partial charge in [0, 0.05) is 11.2 Å². The van der Waals surface area contributed by atoms with E-state index in [0.717, 1.165) is 33.1 Å². The van der Waals surface area contributed by atoms with E-state index in [4.69, 9.17) is 23.2 Å². The highest BCUT2D eigenvalue weighted by Crippen LogP contribution is 2.26. The Labute approximate surface area is 133 Å². The summed E-state index contributed by atoms with van der Waals surface area (Å²) in [5.41, 5.74) is 3.96. The third-order valence-electron chi connectivity index (χ3n) is 3.45. The number of aromatic nitrogens is 3. The zero-order valence-corrected chi connectivity index (χ0v) is 13.4. The van der Waals surface area contributed by atoms with Crippen LogP contribution < -0.4 is 0 Å². The quantitative estimate of drug-likeness (QED) is 0.653. The molecule has 1 aromatic carbocycles. The normalized spacial score (nSPS) is 12.8. The van der Waals surface area contributed by atoms with Crippen molar-refractivity contribution in [1.82, 2.24) is 14.5 Å². The zero-order valence-electron chi connectivity index (χ0n) is 11.8. The van der Waals surface area contributed by atoms with Gasteiger partial charge >= 0.3 is 0 Å². The van der Waals surface area contributed by atoms with E-state index in [2.05, 4.69) is 14.5 Å². The van der Waals surface area contributed by atoms with Gasteiger partial charge in [0.1, 0.15) is 11.3 Å². The summed E-state index contributed by atoms with van der Waals surface area (Å²) in [4.78, 5) is 9.14. The van der Waals surface area contributed by atoms with Crippen LogP contribution >= 0.6 is 23.2 Å². The fourth-order valence-electron chi connectivity index (χ4n) is 2.43. The standard InChI is InChI=1S/C16H15Cl2N3/c1-10-6-7-19-16-14(10)20-15(11(2)17)21(16)9-12-4-3-5-13(18)8-12/h3-8,11H,9H2,1-2H3. The van der Waals surface area contributed by atoms with Crippen LogP contribution in [-0.2, 0) is 6.54 Å². The van der Waals surface area contributed by atoms with Crippen molar-refractivity contribution in [3.8, 4) is 0 Å². The van der Waals surface area contributed by atoms with E-state index in [1.165, 1.54) is 0 Å². The summed E-state index contributed by atoms with van der Waals surface area (Å²) in [7, 11) is 0. The van der Waals surface area contributed by atoms with Gasteiger partial charge in [0.05, 0.1) is 11.9 Å². The molecule has 0 aliphatic heterocycles. The maximum Gasteiger partial charge on any atom is 0.160 e. The van der Waals surface area contributed by atoms with Gasteiger partial charge in [-0.25, -0.2) is 9.97 Å². The van der Waals surface area contributed by atoms with Gasteiger partial charge in [0.15, 0.2) is 5.65 Å². The van der Waals surface area contributed by atoms with Gasteiger partial charge in [-0.15, -0.1) is 11.6 Å². The summed E-state index contributed by atoms with van der Waals surface area (Å²) in [5, 5.41) is 0.541. The Morgan fingerprint density at radius 3 is 2.81 bits per heavy atom. The predicted molar refractivity (Wildman–Crippen MR) is 87.1 cm³/mol. The number of alkyl halides is 1. The van der Waals surface area contributed by atoms with E-state index in [1.807, 2.05) is 44.2 Å². The molecule has 0 bridgehead atoms. The van der Waals surface area contributed by atoms with Crippen LogP contribution in [-0.4, -0.2) is 14.5 Å². The number of benzene rings is 1. The van der Waals surface area contributed by atoms with E-state index in [0.29, 0.717) is 6.54 Å². The number of hydrogen-bond acceptors (Lipinski definition) is 2. The SMILES string of the molecule is Cc1ccnc2c1nc(C(C)Cl)n2Cc1cccc(Cl)c1. The van der Waals surface area contributed by atoms with Crippen LogP contribution in [0.25, 0.3) is 11.2 Å². The summed E-state index contributed by atoms with van der Waals surface area (Å²) in [5.74, 6) is 0.827. The van der Waals surface area contributed by atoms with Crippen LogP contribution in [0.15, 0.2) is 36.5 Å². The second-order valence-electron chi connectivity index (χ2n) is 5.10. The topological polar surface area (TPSA) is 30.7 Å². The van der Waals surface area contributed by atoms with Crippen molar-refractivity contribution in [2.24, 2.45) is 0 Å². The lowest BCUT2D eigenvalue weighted by atomic mass is 10.2. The van der Waals surface area contributed by atoms with Crippen LogP contribution in [0.2, 0.25) is 5.02 Å². The Bertz CT molecular complexity index is 793. The third kappa shape index (κ3) is 2.76. The summed E-state index contributed by atoms with van der Waals surface area (Å²) in [6.45, 7) is 4.61. The van der Waals surface area contributed by atoms with Crippen LogP contribution in [0.4, 0.5) is 0 Å². The van der Waals surface area contributed by atoms with E-state index in [1.54, 1.807) is 6.20 Å². The van der Waals surface area contributed by atoms with Gasteiger partial charge in [-0.3, -0.25) is 0 Å². The summed E-state index contributed by atoms with van der Waals surface area (Å²) in [6.07, 6.45) is 1.80. The first-order valence-electron chi connectivity index (χ1n) is 6.76. The monoisotopic (exact) mass is 319 g/mol. The average molecular weight is 320 g/mol. The van der Waals surface area contributed by atoms with Crippen molar-refractivity contribution in [1.29, 1.82) is 0 Å². The molecular formula is C16H15Cl2N3. The van der Waals surface area contributed by atoms with Crippen molar-refractivity contribution in [3.05, 3.63) is 58.5 Å². The third-order valence-corrected chi connectivity index (χ3v) is 3.88. The lowest BCUT2D eigenvalue weighted by Gasteiger charge is -2.10. The first kappa shape index (κ1) is 14.4. The first-order valence-corrected chi connectivity index (χ1v) is 7.58. The molecule has 2 heterocycles. The van der Waals surface area contributed by atoms with Crippen LogP contribution in [0.1, 0.15) is 29.3 Å². The molecule has 1 unspecified atom stereocenters. The average Bonchev–Trinajstić information content (AvgIpc) is 2.80. The smallest absolute Gasteiger partial charge is 0.160 e. The molecule has 3 aromatic rings. The minimum absolute atomic E-state index is 0.183. The van der Waals surface area contributed by atoms with Gasteiger partial charge in [-0.1, -0.05) is 23.7 Å². The molecule has 0 aliphatic carbocycles. The van der Waals surface area contributed by atoms with E-state index < -0.39 is 0 Å². The van der Waals surface area contributed by atoms with Crippen molar-refractivity contribution < 1.29 is 0 Å². The molecule has 0 fully saturated rings. The molecule has 1 atom stereocenters. The van der Waals surface area contributed by atoms with Crippen LogP contribution in [0.3, 0.4) is 0 Å². The van der Waals surface area contributed by atoms with Gasteiger partial charge in [0.2, 0.25) is 0 Å². The minimum Gasteiger partial charge on any atom is -0.307 e. The van der Waals surface area contributed by atoms with Crippen LogP contribution in [0.5, 0.6) is 0 Å². The first-order chi connectivity index (χ1) is 10.1. The zero-order chi connectivity index (χ0) is 15.0. The second-order valence-corrected chi connectivity index (χ2v) is 6.19. The molecule has 0 radical (unpaired) electrons. The molecular weight excluding hydrogens is 305 g/mol. The molecule has 21 heavy (non-hydrogen) atoms. The lowest BCUT2D eigenvalue weighted by molar-refractivity contribution is 0.736. The number of hydrogen-bond donors (Lipinski definition) is 0. The Morgan fingerprint density at radius 1 is 1.29 bits per heavy atom. The fraction of sp³-hybridized carbons (Fsp3) is 0.250. The molecule has 0 saturated carbocycles. The number of fused-ring (bicyclic) bond motifs is 1. The summed E-state index contributed by atoms with van der Waals surface area (Å²) < 4.78 is 2.06. The van der Waals surface area contributed by atoms with Gasteiger partial charge in [-0.05, 0) is 43.2 Å². The van der Waals surface area contributed by atoms with Crippen LogP contribution in [0, 0.1) is 6.92 Å². The Balaban J connectivity index is 2.16. The number of halogens is 2. The highest BCUT2D eigenvalue weighted by atomic mass is 35.5. The number of pyridine rings is 1. The van der Waals surface area contributed by atoms with Crippen molar-refractivity contribution in [2.75, 3.05) is 0 Å². The predicted octanol–water partition coefficient (Wildman–Crippen LogP) is 4.74. The summed E-state index contributed by atoms with van der Waals surface area (Å²) >= 11 is 12.4. The van der Waals surface area contributed by atoms with E-state index >= 15 is 0 Å². The maximum atomic E-state index is 6.29. The molecule has 0 aliphatic rings. The van der Waals surface area contributed by atoms with Gasteiger partial charge in [-0.2, -0.15) is 0 Å².